The number of benzene rings is 3. The van der Waals surface area contributed by atoms with Gasteiger partial charge in [0.1, 0.15) is 12.2 Å². The summed E-state index contributed by atoms with van der Waals surface area (Å²) in [6.07, 6.45) is -2.27. The second-order valence-electron chi connectivity index (χ2n) is 10.8. The van der Waals surface area contributed by atoms with Crippen LogP contribution in [0.3, 0.4) is 0 Å². The van der Waals surface area contributed by atoms with Gasteiger partial charge >= 0.3 is 6.18 Å². The predicted octanol–water partition coefficient (Wildman–Crippen LogP) is 6.16. The number of hydrogen-bond acceptors (Lipinski definition) is 6. The van der Waals surface area contributed by atoms with Gasteiger partial charge in [-0.25, -0.2) is 0 Å². The number of hydrogen-bond donors (Lipinski definition) is 1. The lowest BCUT2D eigenvalue weighted by atomic mass is 9.92. The Morgan fingerprint density at radius 2 is 1.66 bits per heavy atom. The molecule has 2 fully saturated rings. The molecule has 8 nitrogen and oxygen atoms in total. The summed E-state index contributed by atoms with van der Waals surface area (Å²) in [7, 11) is 0. The maximum Gasteiger partial charge on any atom is 0.423 e. The first-order valence-corrected chi connectivity index (χ1v) is 13.8. The van der Waals surface area contributed by atoms with Crippen LogP contribution in [0.2, 0.25) is 0 Å². The molecule has 218 valence electrons. The van der Waals surface area contributed by atoms with Gasteiger partial charge in [0.25, 0.3) is 5.69 Å². The van der Waals surface area contributed by atoms with Gasteiger partial charge in [-0.3, -0.25) is 14.9 Å². The van der Waals surface area contributed by atoms with Gasteiger partial charge in [0, 0.05) is 49.7 Å². The van der Waals surface area contributed by atoms with Crippen molar-refractivity contribution in [2.45, 2.75) is 50.9 Å². The van der Waals surface area contributed by atoms with Crippen LogP contribution in [0, 0.1) is 17.0 Å². The van der Waals surface area contributed by atoms with E-state index in [9.17, 15) is 28.1 Å². The van der Waals surface area contributed by atoms with E-state index in [1.807, 2.05) is 4.90 Å². The summed E-state index contributed by atoms with van der Waals surface area (Å²) in [5.74, 6) is -0.0376. The first-order chi connectivity index (χ1) is 19.6. The van der Waals surface area contributed by atoms with Crippen molar-refractivity contribution in [2.75, 3.05) is 43.0 Å². The lowest BCUT2D eigenvalue weighted by Crippen LogP contribution is -2.50. The quantitative estimate of drug-likeness (QED) is 0.270. The third-order valence-corrected chi connectivity index (χ3v) is 7.96. The Balaban J connectivity index is 1.05. The van der Waals surface area contributed by atoms with Gasteiger partial charge in [0.2, 0.25) is 5.91 Å². The van der Waals surface area contributed by atoms with Crippen LogP contribution in [0.25, 0.3) is 10.8 Å². The molecule has 1 aliphatic carbocycles. The van der Waals surface area contributed by atoms with E-state index >= 15 is 0 Å². The van der Waals surface area contributed by atoms with E-state index < -0.39 is 22.4 Å². The first kappa shape index (κ1) is 28.7. The predicted molar refractivity (Wildman–Crippen MR) is 151 cm³/mol. The molecule has 41 heavy (non-hydrogen) atoms. The highest BCUT2D eigenvalue weighted by atomic mass is 19.4. The molecule has 0 spiro atoms. The van der Waals surface area contributed by atoms with E-state index in [4.69, 9.17) is 4.74 Å². The van der Waals surface area contributed by atoms with E-state index in [0.29, 0.717) is 38.8 Å². The van der Waals surface area contributed by atoms with Crippen LogP contribution in [-0.4, -0.2) is 60.7 Å². The number of alkyl halides is 3. The molecule has 1 aliphatic heterocycles. The summed E-state index contributed by atoms with van der Waals surface area (Å²) in [5, 5.41) is 16.5. The number of ether oxygens (including phenoxy) is 1. The standard InChI is InChI=1S/C30H33F3N4O4/c1-20-2-3-22-17-25(8-4-21(22)16-20)35-12-14-36(15-13-35)29(38)19-41-26-9-5-23(6-10-26)34-24-7-11-28(37(39)40)27(18-24)30(31,32)33/h2-4,7-8,11,16-18,23,26,34H,5-6,9-10,12-15,19H2,1H3/t23-,26-. The summed E-state index contributed by atoms with van der Waals surface area (Å²) < 4.78 is 45.8. The summed E-state index contributed by atoms with van der Waals surface area (Å²) in [6.45, 7) is 4.84. The minimum absolute atomic E-state index is 0.00931. The summed E-state index contributed by atoms with van der Waals surface area (Å²) >= 11 is 0. The number of aryl methyl sites for hydroxylation is 1. The SMILES string of the molecule is Cc1ccc2cc(N3CCN(C(=O)CO[C@H]4CC[C@H](Nc5ccc([N+](=O)[O-])c(C(F)(F)F)c5)CC4)CC3)ccc2c1. The zero-order valence-corrected chi connectivity index (χ0v) is 22.8. The van der Waals surface area contributed by atoms with Crippen LogP contribution < -0.4 is 10.2 Å². The van der Waals surface area contributed by atoms with E-state index in [-0.39, 0.29) is 30.3 Å². The molecular weight excluding hydrogens is 537 g/mol. The maximum absolute atomic E-state index is 13.3. The van der Waals surface area contributed by atoms with Crippen molar-refractivity contribution in [1.82, 2.24) is 4.90 Å². The van der Waals surface area contributed by atoms with Crippen LogP contribution in [0.1, 0.15) is 36.8 Å². The molecule has 5 rings (SSSR count). The highest BCUT2D eigenvalue weighted by Gasteiger charge is 2.38. The number of halogens is 3. The molecule has 1 amide bonds. The van der Waals surface area contributed by atoms with Gasteiger partial charge in [-0.15, -0.1) is 0 Å². The van der Waals surface area contributed by atoms with Crippen LogP contribution in [0.5, 0.6) is 0 Å². The second kappa shape index (κ2) is 11.9. The van der Waals surface area contributed by atoms with Crippen molar-refractivity contribution in [3.05, 3.63) is 75.8 Å². The number of piperazine rings is 1. The number of carbonyl (C=O) groups is 1. The number of fused-ring (bicyclic) bond motifs is 1. The Morgan fingerprint density at radius 3 is 2.34 bits per heavy atom. The summed E-state index contributed by atoms with van der Waals surface area (Å²) in [5.41, 5.74) is 0.347. The van der Waals surface area contributed by atoms with Crippen LogP contribution in [0.15, 0.2) is 54.6 Å². The molecule has 0 atom stereocenters. The molecule has 1 saturated carbocycles. The fraction of sp³-hybridized carbons (Fsp3) is 0.433. The van der Waals surface area contributed by atoms with Gasteiger partial charge < -0.3 is 19.9 Å². The zero-order chi connectivity index (χ0) is 29.1. The van der Waals surface area contributed by atoms with Crippen molar-refractivity contribution < 1.29 is 27.6 Å². The zero-order valence-electron chi connectivity index (χ0n) is 22.8. The fourth-order valence-electron chi connectivity index (χ4n) is 5.67. The Hall–Kier alpha value is -3.86. The Kier molecular flexibility index (Phi) is 8.35. The average Bonchev–Trinajstić information content (AvgIpc) is 2.96. The number of nitro groups is 1. The monoisotopic (exact) mass is 570 g/mol. The fourth-order valence-corrected chi connectivity index (χ4v) is 5.67. The molecule has 0 aromatic heterocycles. The molecule has 0 radical (unpaired) electrons. The molecule has 0 unspecified atom stereocenters. The van der Waals surface area contributed by atoms with Crippen molar-refractivity contribution in [3.63, 3.8) is 0 Å². The van der Waals surface area contributed by atoms with Crippen LogP contribution in [0.4, 0.5) is 30.2 Å². The van der Waals surface area contributed by atoms with E-state index in [0.717, 1.165) is 30.9 Å². The maximum atomic E-state index is 13.3. The number of anilines is 2. The normalized spacial score (nSPS) is 19.8. The smallest absolute Gasteiger partial charge is 0.382 e. The molecule has 11 heteroatoms. The average molecular weight is 571 g/mol. The van der Waals surface area contributed by atoms with Crippen molar-refractivity contribution in [1.29, 1.82) is 0 Å². The van der Waals surface area contributed by atoms with Crippen molar-refractivity contribution in [2.24, 2.45) is 0 Å². The molecule has 1 N–H and O–H groups in total. The molecule has 1 saturated heterocycles. The molecule has 3 aromatic rings. The number of nitro benzene ring substituents is 1. The highest BCUT2D eigenvalue weighted by Crippen LogP contribution is 2.38. The molecule has 0 bridgehead atoms. The Bertz CT molecular complexity index is 1410. The molecular formula is C30H33F3N4O4. The summed E-state index contributed by atoms with van der Waals surface area (Å²) in [6, 6.07) is 15.8. The molecule has 3 aromatic carbocycles. The first-order valence-electron chi connectivity index (χ1n) is 13.8. The van der Waals surface area contributed by atoms with Gasteiger partial charge in [0.15, 0.2) is 0 Å². The van der Waals surface area contributed by atoms with Gasteiger partial charge in [0.05, 0.1) is 11.0 Å². The second-order valence-corrected chi connectivity index (χ2v) is 10.8. The Labute approximate surface area is 236 Å². The summed E-state index contributed by atoms with van der Waals surface area (Å²) in [4.78, 5) is 26.9. The van der Waals surface area contributed by atoms with E-state index in [2.05, 4.69) is 53.5 Å². The van der Waals surface area contributed by atoms with Crippen LogP contribution >= 0.6 is 0 Å². The lowest BCUT2D eigenvalue weighted by molar-refractivity contribution is -0.388. The van der Waals surface area contributed by atoms with Gasteiger partial charge in [-0.2, -0.15) is 13.2 Å². The van der Waals surface area contributed by atoms with Crippen molar-refractivity contribution in [3.8, 4) is 0 Å². The van der Waals surface area contributed by atoms with E-state index in [1.165, 1.54) is 22.4 Å². The van der Waals surface area contributed by atoms with Crippen molar-refractivity contribution >= 4 is 33.7 Å². The van der Waals surface area contributed by atoms with E-state index in [1.54, 1.807) is 0 Å². The molecule has 2 aliphatic rings. The minimum atomic E-state index is -4.82. The number of nitrogens with zero attached hydrogens (tertiary/aromatic N) is 3. The molecule has 1 heterocycles. The number of nitrogens with one attached hydrogen (secondary N) is 1. The topological polar surface area (TPSA) is 88.0 Å². The lowest BCUT2D eigenvalue weighted by Gasteiger charge is -2.36. The number of rotatable bonds is 7. The highest BCUT2D eigenvalue weighted by molar-refractivity contribution is 5.86. The van der Waals surface area contributed by atoms with Crippen LogP contribution in [-0.2, 0) is 15.7 Å². The number of carbonyl (C=O) groups excluding carboxylic acids is 1. The third kappa shape index (κ3) is 6.90. The Morgan fingerprint density at radius 1 is 0.976 bits per heavy atom. The largest absolute Gasteiger partial charge is 0.423 e. The number of amides is 1. The minimum Gasteiger partial charge on any atom is -0.382 e. The van der Waals surface area contributed by atoms with Gasteiger partial charge in [-0.05, 0) is 67.6 Å². The third-order valence-electron chi connectivity index (χ3n) is 7.96. The van der Waals surface area contributed by atoms with Gasteiger partial charge in [-0.1, -0.05) is 29.8 Å².